The highest BCUT2D eigenvalue weighted by Gasteiger charge is 2.16. The van der Waals surface area contributed by atoms with E-state index in [2.05, 4.69) is 69.5 Å². The van der Waals surface area contributed by atoms with Gasteiger partial charge < -0.3 is 20.3 Å². The van der Waals surface area contributed by atoms with Gasteiger partial charge in [0.15, 0.2) is 5.82 Å². The second kappa shape index (κ2) is 13.6. The van der Waals surface area contributed by atoms with Crippen molar-refractivity contribution in [2.45, 2.75) is 39.5 Å². The zero-order valence-electron chi connectivity index (χ0n) is 23.8. The number of nitrogens with one attached hydrogen (secondary N) is 2. The van der Waals surface area contributed by atoms with Gasteiger partial charge in [0.1, 0.15) is 12.1 Å². The number of unbranched alkanes of at least 4 members (excludes halogenated alkanes) is 1. The summed E-state index contributed by atoms with van der Waals surface area (Å²) in [4.78, 5) is 32.9. The van der Waals surface area contributed by atoms with E-state index >= 15 is 0 Å². The molecule has 2 heterocycles. The van der Waals surface area contributed by atoms with Crippen LogP contribution in [0.1, 0.15) is 54.1 Å². The number of amides is 1. The topological polar surface area (TPSA) is 105 Å². The van der Waals surface area contributed by atoms with Crippen molar-refractivity contribution in [2.75, 3.05) is 37.8 Å². The third-order valence-electron chi connectivity index (χ3n) is 6.37. The number of hydrogen-bond donors (Lipinski definition) is 2. The second-order valence-electron chi connectivity index (χ2n) is 10.2. The first-order valence-corrected chi connectivity index (χ1v) is 13.5. The Morgan fingerprint density at radius 3 is 2.65 bits per heavy atom. The fourth-order valence-electron chi connectivity index (χ4n) is 4.04. The molecule has 2 aromatic heterocycles. The number of pyridine rings is 1. The number of aryl methyl sites for hydroxylation is 1. The maximum atomic E-state index is 13.1. The molecule has 208 valence electrons. The molecule has 0 aliphatic heterocycles. The minimum absolute atomic E-state index is 0.217. The van der Waals surface area contributed by atoms with Gasteiger partial charge in [0.2, 0.25) is 11.8 Å². The second-order valence-corrected chi connectivity index (χ2v) is 10.2. The van der Waals surface area contributed by atoms with Crippen LogP contribution < -0.4 is 15.4 Å². The molecule has 0 unspecified atom stereocenters. The van der Waals surface area contributed by atoms with Crippen LogP contribution in [0.4, 0.5) is 11.6 Å². The predicted molar refractivity (Wildman–Crippen MR) is 159 cm³/mol. The molecule has 0 fully saturated rings. The monoisotopic (exact) mass is 539 g/mol. The van der Waals surface area contributed by atoms with Gasteiger partial charge in [-0.15, -0.1) is 0 Å². The van der Waals surface area contributed by atoms with Crippen LogP contribution in [0.15, 0.2) is 67.1 Å². The molecule has 0 saturated heterocycles. The summed E-state index contributed by atoms with van der Waals surface area (Å²) in [7, 11) is 4.14. The van der Waals surface area contributed by atoms with Gasteiger partial charge in [-0.05, 0) is 93.8 Å². The van der Waals surface area contributed by atoms with Gasteiger partial charge in [-0.1, -0.05) is 32.0 Å². The molecular formula is C31H37N7O2. The van der Waals surface area contributed by atoms with Crippen LogP contribution in [0.3, 0.4) is 0 Å². The summed E-state index contributed by atoms with van der Waals surface area (Å²) in [6.45, 7) is 7.97. The van der Waals surface area contributed by atoms with Gasteiger partial charge in [-0.25, -0.2) is 15.0 Å². The number of hydrogen-bond acceptors (Lipinski definition) is 8. The van der Waals surface area contributed by atoms with Gasteiger partial charge in [-0.3, -0.25) is 4.79 Å². The van der Waals surface area contributed by atoms with E-state index in [0.717, 1.165) is 42.7 Å². The van der Waals surface area contributed by atoms with Crippen LogP contribution >= 0.6 is 0 Å². The van der Waals surface area contributed by atoms with E-state index in [1.807, 2.05) is 43.3 Å². The van der Waals surface area contributed by atoms with Crippen LogP contribution in [0, 0.1) is 6.92 Å². The average Bonchev–Trinajstić information content (AvgIpc) is 2.94. The van der Waals surface area contributed by atoms with Crippen molar-refractivity contribution in [3.63, 3.8) is 0 Å². The van der Waals surface area contributed by atoms with E-state index in [1.165, 1.54) is 6.33 Å². The van der Waals surface area contributed by atoms with Crippen molar-refractivity contribution in [1.29, 1.82) is 0 Å². The standard InChI is InChI=1S/C31H37N7O2/c1-21(2)23-10-8-11-25(18-23)36-29(39)24-14-13-22(3)27(19-24)40-30-26(12-9-16-32-30)28-34-20-35-31(37-28)33-15-6-7-17-38(4)5/h8-14,16,18-21H,6-7,15,17H2,1-5H3,(H,36,39)(H,33,34,35,37). The Kier molecular flexibility index (Phi) is 9.75. The number of anilines is 2. The molecule has 0 atom stereocenters. The van der Waals surface area contributed by atoms with E-state index in [9.17, 15) is 4.79 Å². The Bertz CT molecular complexity index is 1440. The minimum Gasteiger partial charge on any atom is -0.438 e. The van der Waals surface area contributed by atoms with Crippen LogP contribution in [0.2, 0.25) is 0 Å². The number of carbonyl (C=O) groups is 1. The number of nitrogens with zero attached hydrogens (tertiary/aromatic N) is 5. The number of carbonyl (C=O) groups excluding carboxylic acids is 1. The molecule has 9 nitrogen and oxygen atoms in total. The Morgan fingerprint density at radius 1 is 1.00 bits per heavy atom. The van der Waals surface area contributed by atoms with Crippen molar-refractivity contribution >= 4 is 17.5 Å². The first kappa shape index (κ1) is 28.6. The maximum absolute atomic E-state index is 13.1. The molecule has 0 spiro atoms. The summed E-state index contributed by atoms with van der Waals surface area (Å²) in [6.07, 6.45) is 5.22. The SMILES string of the molecule is Cc1ccc(C(=O)Nc2cccc(C(C)C)c2)cc1Oc1ncccc1-c1ncnc(NCCCCN(C)C)n1. The third kappa shape index (κ3) is 7.83. The molecule has 0 radical (unpaired) electrons. The van der Waals surface area contributed by atoms with Crippen molar-refractivity contribution in [2.24, 2.45) is 0 Å². The summed E-state index contributed by atoms with van der Waals surface area (Å²) in [5.74, 6) is 1.97. The lowest BCUT2D eigenvalue weighted by Gasteiger charge is -2.13. The molecule has 0 bridgehead atoms. The highest BCUT2D eigenvalue weighted by Crippen LogP contribution is 2.32. The Labute approximate surface area is 236 Å². The van der Waals surface area contributed by atoms with E-state index in [4.69, 9.17) is 4.74 Å². The van der Waals surface area contributed by atoms with E-state index in [0.29, 0.717) is 40.4 Å². The molecule has 0 saturated carbocycles. The summed E-state index contributed by atoms with van der Waals surface area (Å²) < 4.78 is 6.25. The summed E-state index contributed by atoms with van der Waals surface area (Å²) >= 11 is 0. The van der Waals surface area contributed by atoms with Crippen LogP contribution in [-0.4, -0.2) is 57.9 Å². The number of rotatable bonds is 12. The average molecular weight is 540 g/mol. The normalized spacial score (nSPS) is 11.1. The number of aromatic nitrogens is 4. The van der Waals surface area contributed by atoms with Gasteiger partial charge in [0.25, 0.3) is 5.91 Å². The molecule has 2 N–H and O–H groups in total. The van der Waals surface area contributed by atoms with Gasteiger partial charge in [0, 0.05) is 24.0 Å². The van der Waals surface area contributed by atoms with Gasteiger partial charge >= 0.3 is 0 Å². The predicted octanol–water partition coefficient (Wildman–Crippen LogP) is 6.16. The van der Waals surface area contributed by atoms with E-state index < -0.39 is 0 Å². The fourth-order valence-corrected chi connectivity index (χ4v) is 4.04. The summed E-state index contributed by atoms with van der Waals surface area (Å²) in [6, 6.07) is 16.9. The van der Waals surface area contributed by atoms with Crippen LogP contribution in [0.25, 0.3) is 11.4 Å². The smallest absolute Gasteiger partial charge is 0.255 e. The van der Waals surface area contributed by atoms with Gasteiger partial charge in [0.05, 0.1) is 5.56 Å². The lowest BCUT2D eigenvalue weighted by Crippen LogP contribution is -2.14. The molecule has 0 aliphatic carbocycles. The lowest BCUT2D eigenvalue weighted by atomic mass is 10.0. The molecule has 9 heteroatoms. The van der Waals surface area contributed by atoms with E-state index in [-0.39, 0.29) is 5.91 Å². The number of benzene rings is 2. The molecule has 1 amide bonds. The van der Waals surface area contributed by atoms with Crippen molar-refractivity contribution in [3.8, 4) is 23.0 Å². The zero-order valence-corrected chi connectivity index (χ0v) is 23.8. The molecule has 4 aromatic rings. The largest absolute Gasteiger partial charge is 0.438 e. The highest BCUT2D eigenvalue weighted by atomic mass is 16.5. The molecular weight excluding hydrogens is 502 g/mol. The quantitative estimate of drug-likeness (QED) is 0.206. The Balaban J connectivity index is 1.50. The molecule has 0 aliphatic rings. The van der Waals surface area contributed by atoms with Crippen molar-refractivity contribution < 1.29 is 9.53 Å². The molecule has 4 rings (SSSR count). The first-order valence-electron chi connectivity index (χ1n) is 13.5. The first-order chi connectivity index (χ1) is 19.3. The van der Waals surface area contributed by atoms with Gasteiger partial charge in [-0.2, -0.15) is 4.98 Å². The van der Waals surface area contributed by atoms with E-state index in [1.54, 1.807) is 18.3 Å². The summed E-state index contributed by atoms with van der Waals surface area (Å²) in [5, 5.41) is 6.26. The minimum atomic E-state index is -0.217. The molecule has 40 heavy (non-hydrogen) atoms. The highest BCUT2D eigenvalue weighted by molar-refractivity contribution is 6.04. The fraction of sp³-hybridized carbons (Fsp3) is 0.323. The summed E-state index contributed by atoms with van der Waals surface area (Å²) in [5.41, 5.74) is 3.89. The Morgan fingerprint density at radius 2 is 1.85 bits per heavy atom. The number of ether oxygens (including phenoxy) is 1. The lowest BCUT2D eigenvalue weighted by molar-refractivity contribution is 0.102. The van der Waals surface area contributed by atoms with Crippen molar-refractivity contribution in [3.05, 3.63) is 83.8 Å². The van der Waals surface area contributed by atoms with Crippen LogP contribution in [-0.2, 0) is 0 Å². The molecule has 2 aromatic carbocycles. The third-order valence-corrected chi connectivity index (χ3v) is 6.37. The van der Waals surface area contributed by atoms with Crippen molar-refractivity contribution in [1.82, 2.24) is 24.8 Å². The van der Waals surface area contributed by atoms with Crippen LogP contribution in [0.5, 0.6) is 11.6 Å². The maximum Gasteiger partial charge on any atom is 0.255 e. The zero-order chi connectivity index (χ0) is 28.5. The Hall–Kier alpha value is -4.37.